The molecule has 7 heteroatoms. The summed E-state index contributed by atoms with van der Waals surface area (Å²) in [6.45, 7) is 6.68. The number of rotatable bonds is 8. The standard InChI is InChI=1S/C23H31N3O3S/c1-4-29-23(28)25-16(13-15(2)3)14-24-21(27)17-9-5-6-10-18(17)22-26-19-11-7-8-12-20(19)30-22/h5-8,11-12,15-18H,4,9-10,13-14H2,1-3H3,(H,24,27)(H,25,28). The Balaban J connectivity index is 1.66. The zero-order valence-electron chi connectivity index (χ0n) is 17.9. The van der Waals surface area contributed by atoms with Gasteiger partial charge in [0.15, 0.2) is 0 Å². The van der Waals surface area contributed by atoms with E-state index in [9.17, 15) is 9.59 Å². The topological polar surface area (TPSA) is 80.3 Å². The van der Waals surface area contributed by atoms with Crippen LogP contribution in [0.15, 0.2) is 36.4 Å². The number of allylic oxidation sites excluding steroid dienone is 2. The summed E-state index contributed by atoms with van der Waals surface area (Å²) in [5.74, 6) is 0.330. The van der Waals surface area contributed by atoms with Gasteiger partial charge in [0.2, 0.25) is 5.91 Å². The van der Waals surface area contributed by atoms with E-state index in [0.29, 0.717) is 25.5 Å². The molecule has 0 fully saturated rings. The van der Waals surface area contributed by atoms with Crippen molar-refractivity contribution in [3.8, 4) is 0 Å². The Morgan fingerprint density at radius 1 is 1.23 bits per heavy atom. The maximum absolute atomic E-state index is 13.1. The van der Waals surface area contributed by atoms with Crippen LogP contribution >= 0.6 is 11.3 Å². The summed E-state index contributed by atoms with van der Waals surface area (Å²) >= 11 is 1.67. The van der Waals surface area contributed by atoms with Crippen molar-refractivity contribution in [2.45, 2.75) is 52.0 Å². The fourth-order valence-corrected chi connectivity index (χ4v) is 5.03. The monoisotopic (exact) mass is 429 g/mol. The first-order chi connectivity index (χ1) is 14.5. The second-order valence-electron chi connectivity index (χ2n) is 8.11. The second kappa shape index (κ2) is 10.6. The minimum absolute atomic E-state index is 0.0167. The molecule has 3 unspecified atom stereocenters. The fraction of sp³-hybridized carbons (Fsp3) is 0.522. The van der Waals surface area contributed by atoms with Gasteiger partial charge in [-0.25, -0.2) is 9.78 Å². The van der Waals surface area contributed by atoms with Crippen LogP contribution in [0.1, 0.15) is 51.0 Å². The first-order valence-corrected chi connectivity index (χ1v) is 11.5. The lowest BCUT2D eigenvalue weighted by molar-refractivity contribution is -0.125. The first kappa shape index (κ1) is 22.3. The summed E-state index contributed by atoms with van der Waals surface area (Å²) in [6, 6.07) is 7.93. The van der Waals surface area contributed by atoms with Crippen LogP contribution in [0.4, 0.5) is 4.79 Å². The van der Waals surface area contributed by atoms with Gasteiger partial charge in [0.1, 0.15) is 0 Å². The highest BCUT2D eigenvalue weighted by Gasteiger charge is 2.32. The number of benzene rings is 1. The maximum atomic E-state index is 13.1. The van der Waals surface area contributed by atoms with Gasteiger partial charge in [0, 0.05) is 18.5 Å². The predicted molar refractivity (Wildman–Crippen MR) is 121 cm³/mol. The van der Waals surface area contributed by atoms with Crippen molar-refractivity contribution in [3.63, 3.8) is 0 Å². The summed E-state index contributed by atoms with van der Waals surface area (Å²) in [5, 5.41) is 6.96. The van der Waals surface area contributed by atoms with E-state index < -0.39 is 6.09 Å². The molecule has 162 valence electrons. The van der Waals surface area contributed by atoms with Crippen molar-refractivity contribution in [1.82, 2.24) is 15.6 Å². The largest absolute Gasteiger partial charge is 0.450 e. The molecule has 1 aromatic heterocycles. The highest BCUT2D eigenvalue weighted by Crippen LogP contribution is 2.38. The van der Waals surface area contributed by atoms with Crippen LogP contribution < -0.4 is 10.6 Å². The number of amides is 2. The van der Waals surface area contributed by atoms with Gasteiger partial charge in [-0.3, -0.25) is 4.79 Å². The van der Waals surface area contributed by atoms with Gasteiger partial charge in [0.25, 0.3) is 0 Å². The Kier molecular flexibility index (Phi) is 7.85. The van der Waals surface area contributed by atoms with Gasteiger partial charge >= 0.3 is 6.09 Å². The van der Waals surface area contributed by atoms with Gasteiger partial charge in [-0.05, 0) is 44.2 Å². The van der Waals surface area contributed by atoms with Gasteiger partial charge in [-0.15, -0.1) is 11.3 Å². The van der Waals surface area contributed by atoms with Crippen molar-refractivity contribution in [2.24, 2.45) is 11.8 Å². The molecule has 1 aliphatic rings. The highest BCUT2D eigenvalue weighted by atomic mass is 32.1. The number of thiazole rings is 1. The minimum atomic E-state index is -0.439. The zero-order valence-corrected chi connectivity index (χ0v) is 18.7. The zero-order chi connectivity index (χ0) is 21.5. The lowest BCUT2D eigenvalue weighted by Crippen LogP contribution is -2.46. The fourth-order valence-electron chi connectivity index (χ4n) is 3.88. The number of carbonyl (C=O) groups excluding carboxylic acids is 2. The van der Waals surface area contributed by atoms with Crippen LogP contribution in [-0.2, 0) is 9.53 Å². The number of hydrogen-bond acceptors (Lipinski definition) is 5. The molecular weight excluding hydrogens is 398 g/mol. The summed E-state index contributed by atoms with van der Waals surface area (Å²) in [5.41, 5.74) is 0.988. The number of carbonyl (C=O) groups is 2. The number of nitrogens with one attached hydrogen (secondary N) is 2. The van der Waals surface area contributed by atoms with E-state index in [-0.39, 0.29) is 23.8 Å². The molecule has 2 aromatic rings. The molecule has 6 nitrogen and oxygen atoms in total. The second-order valence-corrected chi connectivity index (χ2v) is 9.17. The molecule has 0 bridgehead atoms. The third-order valence-corrected chi connectivity index (χ3v) is 6.44. The molecule has 3 rings (SSSR count). The van der Waals surface area contributed by atoms with Crippen LogP contribution in [0, 0.1) is 11.8 Å². The van der Waals surface area contributed by atoms with E-state index in [1.165, 1.54) is 0 Å². The van der Waals surface area contributed by atoms with Crippen LogP contribution in [0.2, 0.25) is 0 Å². The number of fused-ring (bicyclic) bond motifs is 1. The Hall–Kier alpha value is -2.41. The number of para-hydroxylation sites is 1. The first-order valence-electron chi connectivity index (χ1n) is 10.7. The molecule has 0 aliphatic heterocycles. The summed E-state index contributed by atoms with van der Waals surface area (Å²) in [4.78, 5) is 29.7. The van der Waals surface area contributed by atoms with Crippen molar-refractivity contribution < 1.29 is 14.3 Å². The molecule has 1 heterocycles. The number of nitrogens with zero attached hydrogens (tertiary/aromatic N) is 1. The van der Waals surface area contributed by atoms with Gasteiger partial charge < -0.3 is 15.4 Å². The SMILES string of the molecule is CCOC(=O)NC(CNC(=O)C1CC=CCC1c1nc2ccccc2s1)CC(C)C. The van der Waals surface area contributed by atoms with Crippen LogP contribution in [0.5, 0.6) is 0 Å². The van der Waals surface area contributed by atoms with E-state index >= 15 is 0 Å². The number of hydrogen-bond donors (Lipinski definition) is 2. The Labute approximate surface area is 182 Å². The summed E-state index contributed by atoms with van der Waals surface area (Å²) < 4.78 is 6.15. The lowest BCUT2D eigenvalue weighted by atomic mass is 9.82. The summed E-state index contributed by atoms with van der Waals surface area (Å²) in [7, 11) is 0. The van der Waals surface area contributed by atoms with Crippen LogP contribution in [0.25, 0.3) is 10.2 Å². The van der Waals surface area contributed by atoms with Gasteiger partial charge in [-0.2, -0.15) is 0 Å². The Morgan fingerprint density at radius 3 is 2.73 bits per heavy atom. The van der Waals surface area contributed by atoms with E-state index in [4.69, 9.17) is 9.72 Å². The third kappa shape index (κ3) is 5.81. The number of alkyl carbamates (subject to hydrolysis) is 1. The number of ether oxygens (including phenoxy) is 1. The molecule has 1 aliphatic carbocycles. The average molecular weight is 430 g/mol. The van der Waals surface area contributed by atoms with E-state index in [2.05, 4.69) is 42.7 Å². The smallest absolute Gasteiger partial charge is 0.407 e. The molecule has 2 N–H and O–H groups in total. The van der Waals surface area contributed by atoms with Crippen molar-refractivity contribution >= 4 is 33.6 Å². The summed E-state index contributed by atoms with van der Waals surface area (Å²) in [6.07, 6.45) is 6.07. The highest BCUT2D eigenvalue weighted by molar-refractivity contribution is 7.18. The van der Waals surface area contributed by atoms with E-state index in [0.717, 1.165) is 28.1 Å². The molecule has 0 saturated heterocycles. The maximum Gasteiger partial charge on any atom is 0.407 e. The average Bonchev–Trinajstić information content (AvgIpc) is 3.15. The van der Waals surface area contributed by atoms with Crippen molar-refractivity contribution in [3.05, 3.63) is 41.4 Å². The van der Waals surface area contributed by atoms with Crippen molar-refractivity contribution in [1.29, 1.82) is 0 Å². The minimum Gasteiger partial charge on any atom is -0.450 e. The number of aromatic nitrogens is 1. The molecule has 2 amide bonds. The predicted octanol–water partition coefficient (Wildman–Crippen LogP) is 4.62. The molecule has 0 saturated carbocycles. The van der Waals surface area contributed by atoms with Gasteiger partial charge in [0.05, 0.1) is 27.7 Å². The molecule has 30 heavy (non-hydrogen) atoms. The normalized spacial score (nSPS) is 19.6. The Bertz CT molecular complexity index is 860. The molecule has 1 aromatic carbocycles. The Morgan fingerprint density at radius 2 is 2.00 bits per heavy atom. The molecule has 0 radical (unpaired) electrons. The molecular formula is C23H31N3O3S. The van der Waals surface area contributed by atoms with Crippen LogP contribution in [-0.4, -0.2) is 36.2 Å². The van der Waals surface area contributed by atoms with E-state index in [1.54, 1.807) is 18.3 Å². The molecule has 0 spiro atoms. The quantitative estimate of drug-likeness (QED) is 0.600. The third-order valence-electron chi connectivity index (χ3n) is 5.27. The van der Waals surface area contributed by atoms with Crippen LogP contribution in [0.3, 0.4) is 0 Å². The lowest BCUT2D eigenvalue weighted by Gasteiger charge is -2.27. The van der Waals surface area contributed by atoms with Gasteiger partial charge in [-0.1, -0.05) is 38.1 Å². The molecule has 3 atom stereocenters. The van der Waals surface area contributed by atoms with Crippen molar-refractivity contribution in [2.75, 3.05) is 13.2 Å². The van der Waals surface area contributed by atoms with E-state index in [1.807, 2.05) is 18.2 Å².